The number of likely N-dealkylation sites (N-methyl/N-ethyl adjacent to an activating group) is 1. The number of fused-ring (bicyclic) bond motifs is 1. The molecule has 30 heavy (non-hydrogen) atoms. The largest absolute Gasteiger partial charge is 0.455 e. The summed E-state index contributed by atoms with van der Waals surface area (Å²) >= 11 is 0. The van der Waals surface area contributed by atoms with Crippen molar-refractivity contribution in [3.05, 3.63) is 52.9 Å². The molecule has 0 aliphatic carbocycles. The van der Waals surface area contributed by atoms with E-state index in [1.807, 2.05) is 14.0 Å². The molecule has 0 bridgehead atoms. The van der Waals surface area contributed by atoms with Crippen molar-refractivity contribution in [2.45, 2.75) is 19.4 Å². The summed E-state index contributed by atoms with van der Waals surface area (Å²) in [4.78, 5) is 18.3. The third-order valence-electron chi connectivity index (χ3n) is 5.35. The van der Waals surface area contributed by atoms with Gasteiger partial charge in [0.05, 0.1) is 18.3 Å². The van der Waals surface area contributed by atoms with Gasteiger partial charge in [-0.25, -0.2) is 8.78 Å². The number of furan rings is 1. The summed E-state index contributed by atoms with van der Waals surface area (Å²) in [6.07, 6.45) is 1.95. The summed E-state index contributed by atoms with van der Waals surface area (Å²) in [5.41, 5.74) is 1.49. The van der Waals surface area contributed by atoms with Crippen LogP contribution in [0.5, 0.6) is 0 Å². The number of benzene rings is 1. The van der Waals surface area contributed by atoms with Crippen LogP contribution in [0.3, 0.4) is 0 Å². The molecule has 4 rings (SSSR count). The minimum absolute atomic E-state index is 0.0938. The predicted octanol–water partition coefficient (Wildman–Crippen LogP) is 3.31. The molecule has 8 heteroatoms. The van der Waals surface area contributed by atoms with Crippen molar-refractivity contribution in [3.8, 4) is 11.3 Å². The van der Waals surface area contributed by atoms with Crippen LogP contribution in [0.1, 0.15) is 21.6 Å². The average Bonchev–Trinajstić information content (AvgIpc) is 3.03. The van der Waals surface area contributed by atoms with Crippen molar-refractivity contribution < 1.29 is 22.7 Å². The normalized spacial score (nSPS) is 17.4. The molecule has 158 valence electrons. The van der Waals surface area contributed by atoms with E-state index in [2.05, 4.69) is 15.2 Å². The Morgan fingerprint density at radius 3 is 2.70 bits per heavy atom. The molecule has 1 fully saturated rings. The molecule has 1 saturated heterocycles. The first-order valence-corrected chi connectivity index (χ1v) is 9.77. The van der Waals surface area contributed by atoms with E-state index in [0.717, 1.165) is 24.4 Å². The molecule has 2 aromatic heterocycles. The monoisotopic (exact) mass is 415 g/mol. The zero-order valence-electron chi connectivity index (χ0n) is 17.1. The number of aryl methyl sites for hydroxylation is 1. The van der Waals surface area contributed by atoms with Gasteiger partial charge in [-0.05, 0) is 26.1 Å². The standard InChI is InChI=1S/C22H23F2N3O3/c1-12-6-19-16(10-26-12)15(9-14-11-27(3)4-5-29-14)21(30-19)20-17(23)7-13(8-18(20)24)22(28)25-2/h6-8,10,14H,4-5,9,11H2,1-3H3,(H,25,28)/t14-/m0/s1. The van der Waals surface area contributed by atoms with E-state index in [1.165, 1.54) is 7.05 Å². The zero-order valence-corrected chi connectivity index (χ0v) is 17.1. The highest BCUT2D eigenvalue weighted by Crippen LogP contribution is 2.38. The van der Waals surface area contributed by atoms with Crippen LogP contribution in [0.4, 0.5) is 8.78 Å². The van der Waals surface area contributed by atoms with Crippen LogP contribution in [0.25, 0.3) is 22.3 Å². The fourth-order valence-electron chi connectivity index (χ4n) is 3.83. The fourth-order valence-corrected chi connectivity index (χ4v) is 3.83. The van der Waals surface area contributed by atoms with Gasteiger partial charge in [0.1, 0.15) is 23.0 Å². The summed E-state index contributed by atoms with van der Waals surface area (Å²) in [5, 5.41) is 3.06. The first-order valence-electron chi connectivity index (χ1n) is 9.77. The van der Waals surface area contributed by atoms with E-state index in [-0.39, 0.29) is 23.0 Å². The van der Waals surface area contributed by atoms with Gasteiger partial charge in [-0.2, -0.15) is 0 Å². The molecule has 1 aromatic carbocycles. The number of hydrogen-bond acceptors (Lipinski definition) is 5. The van der Waals surface area contributed by atoms with Gasteiger partial charge in [0.15, 0.2) is 0 Å². The zero-order chi connectivity index (χ0) is 21.4. The van der Waals surface area contributed by atoms with Crippen LogP contribution in [0.2, 0.25) is 0 Å². The number of pyridine rings is 1. The van der Waals surface area contributed by atoms with Gasteiger partial charge in [0.25, 0.3) is 5.91 Å². The number of halogens is 2. The first kappa shape index (κ1) is 20.4. The second-order valence-corrected chi connectivity index (χ2v) is 7.58. The minimum Gasteiger partial charge on any atom is -0.455 e. The Kier molecular flexibility index (Phi) is 5.53. The molecule has 0 unspecified atom stereocenters. The van der Waals surface area contributed by atoms with Crippen molar-refractivity contribution >= 4 is 16.9 Å². The molecule has 6 nitrogen and oxygen atoms in total. The SMILES string of the molecule is CNC(=O)c1cc(F)c(-c2oc3cc(C)ncc3c2C[C@H]2CN(C)CCO2)c(F)c1. The fraction of sp³-hybridized carbons (Fsp3) is 0.364. The summed E-state index contributed by atoms with van der Waals surface area (Å²) in [5.74, 6) is -2.18. The van der Waals surface area contributed by atoms with E-state index in [9.17, 15) is 13.6 Å². The van der Waals surface area contributed by atoms with E-state index >= 15 is 0 Å². The summed E-state index contributed by atoms with van der Waals surface area (Å²) in [7, 11) is 3.41. The molecule has 1 aliphatic rings. The summed E-state index contributed by atoms with van der Waals surface area (Å²) in [6, 6.07) is 3.77. The third-order valence-corrected chi connectivity index (χ3v) is 5.35. The molecule has 1 N–H and O–H groups in total. The van der Waals surface area contributed by atoms with Gasteiger partial charge in [-0.1, -0.05) is 0 Å². The second-order valence-electron chi connectivity index (χ2n) is 7.58. The van der Waals surface area contributed by atoms with Crippen molar-refractivity contribution in [2.75, 3.05) is 33.8 Å². The molecule has 0 saturated carbocycles. The third kappa shape index (κ3) is 3.80. The van der Waals surface area contributed by atoms with Crippen LogP contribution in [0.15, 0.2) is 28.8 Å². The Hall–Kier alpha value is -2.84. The molecule has 0 radical (unpaired) electrons. The number of aromatic nitrogens is 1. The lowest BCUT2D eigenvalue weighted by Gasteiger charge is -2.30. The molecule has 1 atom stereocenters. The summed E-state index contributed by atoms with van der Waals surface area (Å²) < 4.78 is 41.8. The van der Waals surface area contributed by atoms with Crippen molar-refractivity contribution in [3.63, 3.8) is 0 Å². The van der Waals surface area contributed by atoms with Crippen LogP contribution >= 0.6 is 0 Å². The van der Waals surface area contributed by atoms with Gasteiger partial charge in [0, 0.05) is 61.0 Å². The van der Waals surface area contributed by atoms with Crippen LogP contribution in [0, 0.1) is 18.6 Å². The number of rotatable bonds is 4. The Labute approximate surface area is 172 Å². The molecule has 0 spiro atoms. The topological polar surface area (TPSA) is 67.6 Å². The Morgan fingerprint density at radius 2 is 2.03 bits per heavy atom. The molecule has 1 amide bonds. The second kappa shape index (κ2) is 8.12. The van der Waals surface area contributed by atoms with Gasteiger partial charge in [-0.3, -0.25) is 9.78 Å². The highest BCUT2D eigenvalue weighted by atomic mass is 19.1. The van der Waals surface area contributed by atoms with Gasteiger partial charge in [0.2, 0.25) is 0 Å². The van der Waals surface area contributed by atoms with Gasteiger partial charge >= 0.3 is 0 Å². The molecular weight excluding hydrogens is 392 g/mol. The van der Waals surface area contributed by atoms with Crippen molar-refractivity contribution in [1.82, 2.24) is 15.2 Å². The number of nitrogens with one attached hydrogen (secondary N) is 1. The Morgan fingerprint density at radius 1 is 1.30 bits per heavy atom. The smallest absolute Gasteiger partial charge is 0.251 e. The van der Waals surface area contributed by atoms with Crippen LogP contribution in [-0.4, -0.2) is 55.7 Å². The maximum Gasteiger partial charge on any atom is 0.251 e. The lowest BCUT2D eigenvalue weighted by Crippen LogP contribution is -2.41. The molecule has 3 aromatic rings. The first-order chi connectivity index (χ1) is 14.4. The maximum atomic E-state index is 15.0. The number of carbonyl (C=O) groups excluding carboxylic acids is 1. The molecule has 3 heterocycles. The number of morpholine rings is 1. The predicted molar refractivity (Wildman–Crippen MR) is 108 cm³/mol. The quantitative estimate of drug-likeness (QED) is 0.708. The van der Waals surface area contributed by atoms with E-state index < -0.39 is 17.5 Å². The van der Waals surface area contributed by atoms with Gasteiger partial charge in [-0.15, -0.1) is 0 Å². The molecular formula is C22H23F2N3O3. The highest BCUT2D eigenvalue weighted by Gasteiger charge is 2.27. The number of carbonyl (C=O) groups is 1. The minimum atomic E-state index is -0.861. The van der Waals surface area contributed by atoms with Crippen LogP contribution < -0.4 is 5.32 Å². The van der Waals surface area contributed by atoms with Crippen molar-refractivity contribution in [2.24, 2.45) is 0 Å². The van der Waals surface area contributed by atoms with Gasteiger partial charge < -0.3 is 19.4 Å². The van der Waals surface area contributed by atoms with Crippen LogP contribution in [-0.2, 0) is 11.2 Å². The van der Waals surface area contributed by atoms with E-state index in [1.54, 1.807) is 12.3 Å². The molecule has 1 aliphatic heterocycles. The Bertz CT molecular complexity index is 1090. The highest BCUT2D eigenvalue weighted by molar-refractivity contribution is 5.95. The van der Waals surface area contributed by atoms with Crippen molar-refractivity contribution in [1.29, 1.82) is 0 Å². The number of hydrogen-bond donors (Lipinski definition) is 1. The number of ether oxygens (including phenoxy) is 1. The number of amides is 1. The lowest BCUT2D eigenvalue weighted by molar-refractivity contribution is -0.0184. The van der Waals surface area contributed by atoms with E-state index in [4.69, 9.17) is 9.15 Å². The average molecular weight is 415 g/mol. The maximum absolute atomic E-state index is 15.0. The van der Waals surface area contributed by atoms with E-state index in [0.29, 0.717) is 36.1 Å². The lowest BCUT2D eigenvalue weighted by atomic mass is 9.98. The summed E-state index contributed by atoms with van der Waals surface area (Å²) in [6.45, 7) is 3.94. The number of nitrogens with zero attached hydrogens (tertiary/aromatic N) is 2. The Balaban J connectivity index is 1.85.